The van der Waals surface area contributed by atoms with Crippen LogP contribution in [0.3, 0.4) is 0 Å². The maximum absolute atomic E-state index is 5.26. The molecule has 148 valence electrons. The monoisotopic (exact) mass is 428 g/mol. The lowest BCUT2D eigenvalue weighted by molar-refractivity contribution is 0.974. The van der Waals surface area contributed by atoms with Crippen molar-refractivity contribution < 1.29 is 0 Å². The topological polar surface area (TPSA) is 35.6 Å². The number of aryl methyl sites for hydroxylation is 4. The van der Waals surface area contributed by atoms with E-state index in [0.29, 0.717) is 0 Å². The Morgan fingerprint density at radius 3 is 1.87 bits per heavy atom. The van der Waals surface area contributed by atoms with Gasteiger partial charge < -0.3 is 9.13 Å². The van der Waals surface area contributed by atoms with Gasteiger partial charge in [-0.2, -0.15) is 0 Å². The Balaban J connectivity index is 1.90. The molecule has 30 heavy (non-hydrogen) atoms. The number of para-hydroxylation sites is 2. The predicted molar refractivity (Wildman–Crippen MR) is 130 cm³/mol. The second-order valence-electron chi connectivity index (χ2n) is 7.72. The van der Waals surface area contributed by atoms with Crippen molar-refractivity contribution in [3.63, 3.8) is 0 Å². The number of aromatic nitrogens is 4. The van der Waals surface area contributed by atoms with Gasteiger partial charge in [0.2, 0.25) is 0 Å². The van der Waals surface area contributed by atoms with Gasteiger partial charge in [-0.3, -0.25) is 0 Å². The fraction of sp³-hybridized carbons (Fsp3) is 0.167. The quantitative estimate of drug-likeness (QED) is 0.197. The molecule has 6 aromatic rings. The van der Waals surface area contributed by atoms with E-state index in [9.17, 15) is 0 Å². The highest BCUT2D eigenvalue weighted by molar-refractivity contribution is 7.25. The molecule has 0 atom stereocenters. The zero-order valence-electron chi connectivity index (χ0n) is 17.2. The highest BCUT2D eigenvalue weighted by Crippen LogP contribution is 2.38. The normalized spacial score (nSPS) is 12.0. The maximum atomic E-state index is 5.26. The lowest BCUT2D eigenvalue weighted by Crippen LogP contribution is -2.03. The van der Waals surface area contributed by atoms with Crippen molar-refractivity contribution in [3.8, 4) is 0 Å². The average Bonchev–Trinajstić information content (AvgIpc) is 2.76. The van der Waals surface area contributed by atoms with Gasteiger partial charge in [0.1, 0.15) is 0 Å². The number of fused-ring (bicyclic) bond motifs is 6. The average molecular weight is 429 g/mol. The largest absolute Gasteiger partial charge is 0.327 e. The minimum absolute atomic E-state index is 0.988. The van der Waals surface area contributed by atoms with Crippen molar-refractivity contribution >= 4 is 74.7 Å². The van der Waals surface area contributed by atoms with E-state index in [4.69, 9.17) is 9.97 Å². The molecule has 0 fully saturated rings. The summed E-state index contributed by atoms with van der Waals surface area (Å²) < 4.78 is 9.29. The van der Waals surface area contributed by atoms with Crippen molar-refractivity contribution in [2.45, 2.75) is 13.8 Å². The van der Waals surface area contributed by atoms with Crippen LogP contribution in [0.2, 0.25) is 0 Å². The third-order valence-corrected chi connectivity index (χ3v) is 8.34. The lowest BCUT2D eigenvalue weighted by atomic mass is 10.1. The zero-order chi connectivity index (χ0) is 20.6. The summed E-state index contributed by atoms with van der Waals surface area (Å²) in [5.41, 5.74) is 7.75. The van der Waals surface area contributed by atoms with Crippen molar-refractivity contribution in [2.75, 3.05) is 0 Å². The Labute approximate surface area is 181 Å². The lowest BCUT2D eigenvalue weighted by Gasteiger charge is -2.16. The van der Waals surface area contributed by atoms with Crippen LogP contribution in [-0.4, -0.2) is 19.1 Å². The Morgan fingerprint density at radius 2 is 1.23 bits per heavy atom. The molecule has 0 saturated carbocycles. The van der Waals surface area contributed by atoms with E-state index in [1.807, 2.05) is 11.3 Å². The van der Waals surface area contributed by atoms with Gasteiger partial charge in [-0.05, 0) is 43.7 Å². The van der Waals surface area contributed by atoms with Crippen molar-refractivity contribution in [2.24, 2.45) is 14.1 Å². The molecule has 4 heterocycles. The van der Waals surface area contributed by atoms with Crippen LogP contribution in [0, 0.1) is 13.8 Å². The molecule has 0 saturated heterocycles. The molecule has 0 aliphatic heterocycles. The van der Waals surface area contributed by atoms with E-state index < -0.39 is 0 Å². The van der Waals surface area contributed by atoms with E-state index in [2.05, 4.69) is 85.6 Å². The van der Waals surface area contributed by atoms with Crippen molar-refractivity contribution in [3.05, 3.63) is 59.8 Å². The van der Waals surface area contributed by atoms with Crippen LogP contribution in [0.5, 0.6) is 0 Å². The minimum atomic E-state index is 0.988. The summed E-state index contributed by atoms with van der Waals surface area (Å²) in [6.45, 7) is 4.32. The number of hydrogen-bond donors (Lipinski definition) is 0. The van der Waals surface area contributed by atoms with Gasteiger partial charge in [0.25, 0.3) is 0 Å². The number of nitrogens with zero attached hydrogens (tertiary/aromatic N) is 4. The molecule has 6 heteroatoms. The van der Waals surface area contributed by atoms with Gasteiger partial charge in [0, 0.05) is 25.2 Å². The Kier molecular flexibility index (Phi) is 3.73. The molecule has 0 spiro atoms. The van der Waals surface area contributed by atoms with Crippen LogP contribution in [0.25, 0.3) is 52.0 Å². The third kappa shape index (κ3) is 2.32. The van der Waals surface area contributed by atoms with Crippen LogP contribution in [0.15, 0.2) is 48.5 Å². The zero-order valence-corrected chi connectivity index (χ0v) is 18.9. The SMILES string of the molecule is Cc1nc2c(sc3ccccc3n2C)c2nc3c(sc4ccccc4n3C)c(C)c12. The molecular weight excluding hydrogens is 408 g/mol. The second kappa shape index (κ2) is 6.27. The maximum Gasteiger partial charge on any atom is 0.152 e. The first kappa shape index (κ1) is 17.9. The van der Waals surface area contributed by atoms with Crippen LogP contribution in [0.4, 0.5) is 0 Å². The molecule has 4 aromatic heterocycles. The fourth-order valence-corrected chi connectivity index (χ4v) is 6.81. The van der Waals surface area contributed by atoms with Gasteiger partial charge in [-0.15, -0.1) is 22.7 Å². The van der Waals surface area contributed by atoms with Crippen molar-refractivity contribution in [1.82, 2.24) is 19.1 Å². The molecule has 0 bridgehead atoms. The molecule has 0 aliphatic carbocycles. The van der Waals surface area contributed by atoms with E-state index in [1.54, 1.807) is 11.3 Å². The molecule has 0 radical (unpaired) electrons. The van der Waals surface area contributed by atoms with E-state index in [0.717, 1.165) is 27.2 Å². The molecule has 4 nitrogen and oxygen atoms in total. The number of rotatable bonds is 0. The summed E-state index contributed by atoms with van der Waals surface area (Å²) in [4.78, 5) is 10.3. The smallest absolute Gasteiger partial charge is 0.152 e. The predicted octanol–water partition coefficient (Wildman–Crippen LogP) is 6.78. The van der Waals surface area contributed by atoms with Gasteiger partial charge in [0.05, 0.1) is 35.3 Å². The third-order valence-electron chi connectivity index (χ3n) is 5.94. The molecule has 0 N–H and O–H groups in total. The van der Waals surface area contributed by atoms with E-state index in [-0.39, 0.29) is 0 Å². The molecule has 0 aliphatic rings. The Bertz CT molecular complexity index is 1690. The first-order valence-corrected chi connectivity index (χ1v) is 11.5. The second-order valence-corrected chi connectivity index (χ2v) is 9.83. The molecule has 2 aromatic carbocycles. The van der Waals surface area contributed by atoms with Gasteiger partial charge in [-0.25, -0.2) is 9.97 Å². The summed E-state index contributed by atoms with van der Waals surface area (Å²) in [6.07, 6.45) is 0. The van der Waals surface area contributed by atoms with Crippen LogP contribution in [-0.2, 0) is 14.1 Å². The fourth-order valence-electron chi connectivity index (χ4n) is 4.41. The first-order chi connectivity index (χ1) is 14.5. The summed E-state index contributed by atoms with van der Waals surface area (Å²) in [7, 11) is 4.21. The molecule has 0 amide bonds. The van der Waals surface area contributed by atoms with Crippen LogP contribution >= 0.6 is 22.7 Å². The van der Waals surface area contributed by atoms with Crippen LogP contribution < -0.4 is 0 Å². The number of pyridine rings is 2. The van der Waals surface area contributed by atoms with E-state index in [1.165, 1.54) is 36.1 Å². The molecule has 0 unspecified atom stereocenters. The summed E-state index contributed by atoms with van der Waals surface area (Å²) in [6, 6.07) is 17.0. The Hall–Kier alpha value is -2.96. The standard InChI is InChI=1S/C24H20N4S2/c1-13-19-14(2)25-24-22(30-18-12-8-6-10-16(18)28(24)4)20(19)26-23-21(13)29-17-11-7-5-9-15(17)27(23)3/h5-12H,1-4H3. The van der Waals surface area contributed by atoms with Crippen LogP contribution in [0.1, 0.15) is 11.3 Å². The first-order valence-electron chi connectivity index (χ1n) is 9.90. The summed E-state index contributed by atoms with van der Waals surface area (Å²) in [5, 5.41) is 1.17. The van der Waals surface area contributed by atoms with E-state index >= 15 is 0 Å². The number of hydrogen-bond acceptors (Lipinski definition) is 4. The van der Waals surface area contributed by atoms with Gasteiger partial charge >= 0.3 is 0 Å². The molecule has 6 rings (SSSR count). The highest BCUT2D eigenvalue weighted by Gasteiger charge is 2.18. The number of benzene rings is 2. The minimum Gasteiger partial charge on any atom is -0.327 e. The highest BCUT2D eigenvalue weighted by atomic mass is 32.1. The molecular formula is C24H20N4S2. The summed E-state index contributed by atoms with van der Waals surface area (Å²) in [5.74, 6) is 0. The van der Waals surface area contributed by atoms with Gasteiger partial charge in [-0.1, -0.05) is 24.3 Å². The summed E-state index contributed by atoms with van der Waals surface area (Å²) >= 11 is 3.59. The van der Waals surface area contributed by atoms with Crippen molar-refractivity contribution in [1.29, 1.82) is 0 Å². The Morgan fingerprint density at radius 1 is 0.700 bits per heavy atom. The van der Waals surface area contributed by atoms with Gasteiger partial charge in [0.15, 0.2) is 11.3 Å².